The van der Waals surface area contributed by atoms with Crippen molar-refractivity contribution in [3.8, 4) is 0 Å². The maximum absolute atomic E-state index is 13.9. The van der Waals surface area contributed by atoms with Crippen LogP contribution in [0.5, 0.6) is 0 Å². The van der Waals surface area contributed by atoms with Gasteiger partial charge in [-0.1, -0.05) is 61.6 Å². The second-order valence-corrected chi connectivity index (χ2v) is 9.40. The SMILES string of the molecule is CC1C=CC=CC1(C)N1CCN(C2CCN(C(c3ccccc3)C(F)(F)F)CC2)CC1. The Balaban J connectivity index is 1.33. The molecule has 3 nitrogen and oxygen atoms in total. The fourth-order valence-electron chi connectivity index (χ4n) is 5.54. The van der Waals surface area contributed by atoms with Gasteiger partial charge in [0.15, 0.2) is 0 Å². The van der Waals surface area contributed by atoms with Crippen molar-refractivity contribution in [2.75, 3.05) is 39.3 Å². The summed E-state index contributed by atoms with van der Waals surface area (Å²) in [4.78, 5) is 6.71. The molecule has 1 aromatic rings. The zero-order chi connectivity index (χ0) is 22.1. The topological polar surface area (TPSA) is 9.72 Å². The predicted octanol–water partition coefficient (Wildman–Crippen LogP) is 4.89. The van der Waals surface area contributed by atoms with E-state index < -0.39 is 12.2 Å². The third kappa shape index (κ3) is 4.76. The van der Waals surface area contributed by atoms with Crippen molar-refractivity contribution in [1.29, 1.82) is 0 Å². The molecule has 2 saturated heterocycles. The Morgan fingerprint density at radius 1 is 0.935 bits per heavy atom. The summed E-state index contributed by atoms with van der Waals surface area (Å²) in [5.74, 6) is 0.476. The van der Waals surface area contributed by atoms with Crippen LogP contribution in [-0.4, -0.2) is 71.7 Å². The van der Waals surface area contributed by atoms with Crippen LogP contribution in [0.1, 0.15) is 38.3 Å². The van der Waals surface area contributed by atoms with Gasteiger partial charge < -0.3 is 0 Å². The highest BCUT2D eigenvalue weighted by atomic mass is 19.4. The molecule has 0 saturated carbocycles. The number of piperidine rings is 1. The number of rotatable bonds is 4. The molecule has 1 aromatic carbocycles. The first-order chi connectivity index (χ1) is 14.8. The molecule has 3 unspecified atom stereocenters. The van der Waals surface area contributed by atoms with E-state index in [1.54, 1.807) is 35.2 Å². The Bertz CT molecular complexity index is 775. The third-order valence-electron chi connectivity index (χ3n) is 7.67. The molecular formula is C25H34F3N3. The van der Waals surface area contributed by atoms with Gasteiger partial charge in [-0.15, -0.1) is 0 Å². The molecule has 3 aliphatic rings. The van der Waals surface area contributed by atoms with Gasteiger partial charge in [0.2, 0.25) is 0 Å². The number of benzene rings is 1. The number of nitrogens with zero attached hydrogens (tertiary/aromatic N) is 3. The lowest BCUT2D eigenvalue weighted by atomic mass is 9.81. The molecule has 0 spiro atoms. The number of hydrogen-bond donors (Lipinski definition) is 0. The molecule has 0 radical (unpaired) electrons. The molecule has 2 heterocycles. The maximum Gasteiger partial charge on any atom is 0.408 e. The first-order valence-corrected chi connectivity index (χ1v) is 11.5. The van der Waals surface area contributed by atoms with Gasteiger partial charge in [0, 0.05) is 50.8 Å². The quantitative estimate of drug-likeness (QED) is 0.669. The van der Waals surface area contributed by atoms with Gasteiger partial charge in [-0.3, -0.25) is 14.7 Å². The van der Waals surface area contributed by atoms with Crippen LogP contribution >= 0.6 is 0 Å². The first kappa shape index (κ1) is 22.6. The second kappa shape index (κ2) is 9.08. The summed E-state index contributed by atoms with van der Waals surface area (Å²) in [6.45, 7) is 9.57. The molecular weight excluding hydrogens is 399 g/mol. The molecule has 0 amide bonds. The highest BCUT2D eigenvalue weighted by Crippen LogP contribution is 2.39. The van der Waals surface area contributed by atoms with Crippen LogP contribution in [0.25, 0.3) is 0 Å². The van der Waals surface area contributed by atoms with Crippen LogP contribution in [0.4, 0.5) is 13.2 Å². The minimum Gasteiger partial charge on any atom is -0.298 e. The Morgan fingerprint density at radius 2 is 1.58 bits per heavy atom. The number of hydrogen-bond acceptors (Lipinski definition) is 3. The Hall–Kier alpha value is -1.63. The molecule has 170 valence electrons. The number of halogens is 3. The lowest BCUT2D eigenvalue weighted by Gasteiger charge is -2.50. The smallest absolute Gasteiger partial charge is 0.298 e. The van der Waals surface area contributed by atoms with E-state index in [4.69, 9.17) is 0 Å². The lowest BCUT2D eigenvalue weighted by Crippen LogP contribution is -2.60. The summed E-state index contributed by atoms with van der Waals surface area (Å²) >= 11 is 0. The van der Waals surface area contributed by atoms with Gasteiger partial charge in [0.1, 0.15) is 6.04 Å². The summed E-state index contributed by atoms with van der Waals surface area (Å²) in [6.07, 6.45) is 6.20. The van der Waals surface area contributed by atoms with E-state index in [0.717, 1.165) is 39.0 Å². The molecule has 6 heteroatoms. The molecule has 1 aliphatic carbocycles. The summed E-state index contributed by atoms with van der Waals surface area (Å²) in [5.41, 5.74) is 0.402. The van der Waals surface area contributed by atoms with E-state index >= 15 is 0 Å². The van der Waals surface area contributed by atoms with Crippen molar-refractivity contribution >= 4 is 0 Å². The molecule has 4 rings (SSSR count). The molecule has 0 bridgehead atoms. The molecule has 0 N–H and O–H groups in total. The lowest BCUT2D eigenvalue weighted by molar-refractivity contribution is -0.190. The molecule has 3 atom stereocenters. The van der Waals surface area contributed by atoms with Crippen LogP contribution in [0.2, 0.25) is 0 Å². The monoisotopic (exact) mass is 433 g/mol. The van der Waals surface area contributed by atoms with E-state index in [-0.39, 0.29) is 5.54 Å². The first-order valence-electron chi connectivity index (χ1n) is 11.5. The van der Waals surface area contributed by atoms with Gasteiger partial charge in [0.05, 0.1) is 0 Å². The summed E-state index contributed by atoms with van der Waals surface area (Å²) in [6, 6.07) is 7.23. The van der Waals surface area contributed by atoms with Gasteiger partial charge in [-0.05, 0) is 31.2 Å². The zero-order valence-electron chi connectivity index (χ0n) is 18.6. The van der Waals surface area contributed by atoms with E-state index in [9.17, 15) is 13.2 Å². The van der Waals surface area contributed by atoms with Gasteiger partial charge in [0.25, 0.3) is 0 Å². The van der Waals surface area contributed by atoms with Gasteiger partial charge in [-0.2, -0.15) is 13.2 Å². The molecule has 2 fully saturated rings. The normalized spacial score (nSPS) is 30.5. The minimum absolute atomic E-state index is 0.0554. The number of piperazine rings is 1. The van der Waals surface area contributed by atoms with Crippen molar-refractivity contribution in [2.45, 2.75) is 50.5 Å². The second-order valence-electron chi connectivity index (χ2n) is 9.40. The van der Waals surface area contributed by atoms with E-state index in [0.29, 0.717) is 30.6 Å². The standard InChI is InChI=1S/C25H34F3N3/c1-20-8-6-7-13-24(20,2)31-18-16-29(17-19-31)22-11-14-30(15-12-22)23(25(26,27)28)21-9-4-3-5-10-21/h3-10,13,20,22-23H,11-12,14-19H2,1-2H3. The Labute approximate surface area is 184 Å². The minimum atomic E-state index is -4.26. The van der Waals surface area contributed by atoms with Crippen molar-refractivity contribution in [3.63, 3.8) is 0 Å². The summed E-state index contributed by atoms with van der Waals surface area (Å²) in [7, 11) is 0. The predicted molar refractivity (Wildman–Crippen MR) is 119 cm³/mol. The zero-order valence-corrected chi connectivity index (χ0v) is 18.6. The van der Waals surface area contributed by atoms with Crippen molar-refractivity contribution in [3.05, 3.63) is 60.2 Å². The fraction of sp³-hybridized carbons (Fsp3) is 0.600. The Morgan fingerprint density at radius 3 is 2.16 bits per heavy atom. The Kier molecular flexibility index (Phi) is 6.61. The average Bonchev–Trinajstić information content (AvgIpc) is 2.76. The van der Waals surface area contributed by atoms with Crippen LogP contribution in [0.3, 0.4) is 0 Å². The summed E-state index contributed by atoms with van der Waals surface area (Å²) < 4.78 is 41.6. The third-order valence-corrected chi connectivity index (χ3v) is 7.67. The number of allylic oxidation sites excluding steroid dienone is 2. The highest BCUT2D eigenvalue weighted by Gasteiger charge is 2.46. The van der Waals surface area contributed by atoms with Gasteiger partial charge in [-0.25, -0.2) is 0 Å². The van der Waals surface area contributed by atoms with Crippen LogP contribution in [-0.2, 0) is 0 Å². The van der Waals surface area contributed by atoms with E-state index in [2.05, 4.69) is 48.0 Å². The summed E-state index contributed by atoms with van der Waals surface area (Å²) in [5, 5.41) is 0. The average molecular weight is 434 g/mol. The fourth-order valence-corrected chi connectivity index (χ4v) is 5.54. The van der Waals surface area contributed by atoms with Crippen LogP contribution in [0, 0.1) is 5.92 Å². The maximum atomic E-state index is 13.9. The number of alkyl halides is 3. The van der Waals surface area contributed by atoms with Crippen molar-refractivity contribution in [2.24, 2.45) is 5.92 Å². The highest BCUT2D eigenvalue weighted by molar-refractivity contribution is 5.23. The van der Waals surface area contributed by atoms with Crippen LogP contribution in [0.15, 0.2) is 54.6 Å². The van der Waals surface area contributed by atoms with Crippen molar-refractivity contribution in [1.82, 2.24) is 14.7 Å². The molecule has 31 heavy (non-hydrogen) atoms. The van der Waals surface area contributed by atoms with E-state index in [1.165, 1.54) is 0 Å². The largest absolute Gasteiger partial charge is 0.408 e. The van der Waals surface area contributed by atoms with E-state index in [1.807, 2.05) is 0 Å². The van der Waals surface area contributed by atoms with Gasteiger partial charge >= 0.3 is 6.18 Å². The van der Waals surface area contributed by atoms with Crippen molar-refractivity contribution < 1.29 is 13.2 Å². The molecule has 2 aliphatic heterocycles. The number of likely N-dealkylation sites (tertiary alicyclic amines) is 1. The van der Waals surface area contributed by atoms with Crippen LogP contribution < -0.4 is 0 Å². The molecule has 0 aromatic heterocycles.